The van der Waals surface area contributed by atoms with Gasteiger partial charge in [0.25, 0.3) is 0 Å². The van der Waals surface area contributed by atoms with E-state index in [0.717, 1.165) is 6.54 Å². The molecule has 8 nitrogen and oxygen atoms in total. The number of aromatic nitrogens is 7. The molecule has 3 aromatic rings. The largest absolute Gasteiger partial charge is 0.421 e. The number of ether oxygens (including phenoxy) is 1. The van der Waals surface area contributed by atoms with Crippen LogP contribution in [-0.2, 0) is 6.54 Å². The van der Waals surface area contributed by atoms with Gasteiger partial charge in [0.05, 0.1) is 12.4 Å². The molecule has 0 unspecified atom stereocenters. The van der Waals surface area contributed by atoms with Crippen LogP contribution in [0.15, 0.2) is 31.1 Å². The topological polar surface area (TPSA) is 83.5 Å². The van der Waals surface area contributed by atoms with Crippen LogP contribution in [0.25, 0.3) is 5.95 Å². The van der Waals surface area contributed by atoms with E-state index in [1.165, 1.54) is 0 Å². The third-order valence-corrected chi connectivity index (χ3v) is 2.62. The maximum atomic E-state index is 5.87. The van der Waals surface area contributed by atoms with E-state index in [1.54, 1.807) is 40.4 Å². The van der Waals surface area contributed by atoms with Crippen LogP contribution < -0.4 is 4.74 Å². The van der Waals surface area contributed by atoms with Crippen LogP contribution in [0.5, 0.6) is 11.8 Å². The van der Waals surface area contributed by atoms with Crippen molar-refractivity contribution in [2.24, 2.45) is 0 Å². The van der Waals surface area contributed by atoms with E-state index in [1.807, 2.05) is 6.92 Å². The zero-order valence-corrected chi connectivity index (χ0v) is 11.3. The molecule has 20 heavy (non-hydrogen) atoms. The number of halogens is 1. The number of nitrogens with zero attached hydrogens (tertiary/aromatic N) is 7. The van der Waals surface area contributed by atoms with Gasteiger partial charge in [-0.2, -0.15) is 20.1 Å². The molecule has 0 aliphatic rings. The molecule has 3 heterocycles. The Bertz CT molecular complexity index is 709. The zero-order valence-electron chi connectivity index (χ0n) is 10.5. The van der Waals surface area contributed by atoms with Gasteiger partial charge >= 0.3 is 6.01 Å². The Hall–Kier alpha value is -2.48. The average molecular weight is 292 g/mol. The predicted octanol–water partition coefficient (Wildman–Crippen LogP) is 1.72. The second kappa shape index (κ2) is 5.25. The Labute approximate surface area is 119 Å². The Morgan fingerprint density at radius 3 is 2.90 bits per heavy atom. The first kappa shape index (κ1) is 12.5. The van der Waals surface area contributed by atoms with E-state index in [0.29, 0.717) is 11.7 Å². The predicted molar refractivity (Wildman–Crippen MR) is 69.9 cm³/mol. The average Bonchev–Trinajstić information content (AvgIpc) is 3.09. The van der Waals surface area contributed by atoms with Crippen molar-refractivity contribution in [2.75, 3.05) is 0 Å². The van der Waals surface area contributed by atoms with E-state index in [9.17, 15) is 0 Å². The minimum atomic E-state index is 0.0431. The highest BCUT2D eigenvalue weighted by molar-refractivity contribution is 6.28. The first-order valence-electron chi connectivity index (χ1n) is 5.85. The van der Waals surface area contributed by atoms with Crippen LogP contribution in [0.3, 0.4) is 0 Å². The van der Waals surface area contributed by atoms with Gasteiger partial charge in [-0.1, -0.05) is 0 Å². The summed E-state index contributed by atoms with van der Waals surface area (Å²) in [4.78, 5) is 16.0. The molecule has 102 valence electrons. The molecule has 0 N–H and O–H groups in total. The Balaban J connectivity index is 1.90. The molecule has 0 spiro atoms. The van der Waals surface area contributed by atoms with Crippen molar-refractivity contribution in [1.29, 1.82) is 0 Å². The summed E-state index contributed by atoms with van der Waals surface area (Å²) in [7, 11) is 0. The monoisotopic (exact) mass is 291 g/mol. The van der Waals surface area contributed by atoms with Crippen molar-refractivity contribution in [1.82, 2.24) is 34.3 Å². The first-order chi connectivity index (χ1) is 9.74. The van der Waals surface area contributed by atoms with Gasteiger partial charge in [-0.25, -0.2) is 4.98 Å². The lowest BCUT2D eigenvalue weighted by atomic mass is 10.6. The molecule has 0 fully saturated rings. The molecule has 0 aliphatic heterocycles. The lowest BCUT2D eigenvalue weighted by molar-refractivity contribution is 0.437. The highest BCUT2D eigenvalue weighted by Crippen LogP contribution is 2.18. The van der Waals surface area contributed by atoms with E-state index >= 15 is 0 Å². The fourth-order valence-electron chi connectivity index (χ4n) is 1.54. The second-order valence-electron chi connectivity index (χ2n) is 3.79. The van der Waals surface area contributed by atoms with Crippen molar-refractivity contribution in [3.05, 3.63) is 36.4 Å². The highest BCUT2D eigenvalue weighted by atomic mass is 35.5. The smallest absolute Gasteiger partial charge is 0.328 e. The summed E-state index contributed by atoms with van der Waals surface area (Å²) >= 11 is 5.87. The summed E-state index contributed by atoms with van der Waals surface area (Å²) in [5.74, 6) is 0.867. The normalized spacial score (nSPS) is 10.7. The standard InChI is InChI=1S/C11H10ClN7O/c1-2-19-6-8(5-14-19)20-11-16-9(12)15-10(17-11)18-4-3-13-7-18/h3-7H,2H2,1H3. The van der Waals surface area contributed by atoms with Gasteiger partial charge < -0.3 is 4.74 Å². The fraction of sp³-hybridized carbons (Fsp3) is 0.182. The van der Waals surface area contributed by atoms with E-state index in [2.05, 4.69) is 25.0 Å². The summed E-state index contributed by atoms with van der Waals surface area (Å²) in [5, 5.41) is 4.14. The van der Waals surface area contributed by atoms with E-state index in [-0.39, 0.29) is 11.3 Å². The van der Waals surface area contributed by atoms with Gasteiger partial charge in [0.15, 0.2) is 5.75 Å². The van der Waals surface area contributed by atoms with Gasteiger partial charge in [0.2, 0.25) is 11.2 Å². The summed E-state index contributed by atoms with van der Waals surface area (Å²) in [5.41, 5.74) is 0. The Morgan fingerprint density at radius 1 is 1.30 bits per heavy atom. The molecule has 3 aromatic heterocycles. The molecular weight excluding hydrogens is 282 g/mol. The van der Waals surface area contributed by atoms with Crippen molar-refractivity contribution < 1.29 is 4.74 Å². The molecule has 0 saturated carbocycles. The van der Waals surface area contributed by atoms with Crippen LogP contribution >= 0.6 is 11.6 Å². The third kappa shape index (κ3) is 2.59. The summed E-state index contributed by atoms with van der Waals surface area (Å²) < 4.78 is 8.85. The van der Waals surface area contributed by atoms with Gasteiger partial charge in [0, 0.05) is 18.9 Å². The number of rotatable bonds is 4. The van der Waals surface area contributed by atoms with Crippen molar-refractivity contribution in [3.63, 3.8) is 0 Å². The number of imidazole rings is 1. The van der Waals surface area contributed by atoms with Crippen LogP contribution in [0, 0.1) is 0 Å². The maximum absolute atomic E-state index is 5.87. The molecule has 0 radical (unpaired) electrons. The molecule has 9 heteroatoms. The van der Waals surface area contributed by atoms with Crippen LogP contribution in [0.4, 0.5) is 0 Å². The van der Waals surface area contributed by atoms with Crippen molar-refractivity contribution in [3.8, 4) is 17.7 Å². The SMILES string of the molecule is CCn1cc(Oc2nc(Cl)nc(-n3ccnc3)n2)cn1. The van der Waals surface area contributed by atoms with Gasteiger partial charge in [-0.05, 0) is 18.5 Å². The lowest BCUT2D eigenvalue weighted by Gasteiger charge is -2.04. The van der Waals surface area contributed by atoms with Crippen LogP contribution in [0.1, 0.15) is 6.92 Å². The van der Waals surface area contributed by atoms with Crippen LogP contribution in [-0.4, -0.2) is 34.3 Å². The molecular formula is C11H10ClN7O. The molecule has 0 amide bonds. The Morgan fingerprint density at radius 2 is 2.20 bits per heavy atom. The summed E-state index contributed by atoms with van der Waals surface area (Å²) in [6, 6.07) is 0.101. The number of hydrogen-bond donors (Lipinski definition) is 0. The molecule has 3 rings (SSSR count). The van der Waals surface area contributed by atoms with E-state index in [4.69, 9.17) is 16.3 Å². The zero-order chi connectivity index (χ0) is 13.9. The minimum Gasteiger partial charge on any atom is -0.421 e. The maximum Gasteiger partial charge on any atom is 0.328 e. The first-order valence-corrected chi connectivity index (χ1v) is 6.22. The highest BCUT2D eigenvalue weighted by Gasteiger charge is 2.09. The van der Waals surface area contributed by atoms with E-state index < -0.39 is 0 Å². The van der Waals surface area contributed by atoms with Crippen LogP contribution in [0.2, 0.25) is 5.28 Å². The quantitative estimate of drug-likeness (QED) is 0.728. The lowest BCUT2D eigenvalue weighted by Crippen LogP contribution is -2.03. The minimum absolute atomic E-state index is 0.0431. The van der Waals surface area contributed by atoms with Crippen molar-refractivity contribution in [2.45, 2.75) is 13.5 Å². The molecule has 0 aromatic carbocycles. The summed E-state index contributed by atoms with van der Waals surface area (Å²) in [6.07, 6.45) is 8.20. The molecule has 0 atom stereocenters. The van der Waals surface area contributed by atoms with Gasteiger partial charge in [-0.15, -0.1) is 0 Å². The molecule has 0 saturated heterocycles. The van der Waals surface area contributed by atoms with Crippen molar-refractivity contribution >= 4 is 11.6 Å². The second-order valence-corrected chi connectivity index (χ2v) is 4.13. The number of aryl methyl sites for hydroxylation is 1. The van der Waals surface area contributed by atoms with Gasteiger partial charge in [0.1, 0.15) is 6.33 Å². The van der Waals surface area contributed by atoms with Gasteiger partial charge in [-0.3, -0.25) is 9.25 Å². The number of hydrogen-bond acceptors (Lipinski definition) is 6. The molecule has 0 aliphatic carbocycles. The summed E-state index contributed by atoms with van der Waals surface area (Å²) in [6.45, 7) is 2.73. The Kier molecular flexibility index (Phi) is 3.30. The molecule has 0 bridgehead atoms. The fourth-order valence-corrected chi connectivity index (χ4v) is 1.68. The third-order valence-electron chi connectivity index (χ3n) is 2.45.